The highest BCUT2D eigenvalue weighted by Crippen LogP contribution is 2.47. The molecule has 244 valence electrons. The third kappa shape index (κ3) is 6.85. The Morgan fingerprint density at radius 3 is 2.02 bits per heavy atom. The van der Waals surface area contributed by atoms with Gasteiger partial charge in [-0.25, -0.2) is 0 Å². The van der Waals surface area contributed by atoms with Gasteiger partial charge in [0.25, 0.3) is 0 Å². The minimum Gasteiger partial charge on any atom is -0.324 e. The van der Waals surface area contributed by atoms with E-state index in [1.54, 1.807) is 4.90 Å². The summed E-state index contributed by atoms with van der Waals surface area (Å²) in [7, 11) is 0. The lowest BCUT2D eigenvalue weighted by Gasteiger charge is -2.51. The third-order valence-electron chi connectivity index (χ3n) is 10.3. The summed E-state index contributed by atoms with van der Waals surface area (Å²) in [6, 6.07) is 26.9. The first kappa shape index (κ1) is 32.5. The molecule has 47 heavy (non-hydrogen) atoms. The van der Waals surface area contributed by atoms with Crippen molar-refractivity contribution < 1.29 is 22.8 Å². The van der Waals surface area contributed by atoms with E-state index in [0.29, 0.717) is 24.3 Å². The zero-order valence-electron chi connectivity index (χ0n) is 27.2. The first-order chi connectivity index (χ1) is 22.4. The molecule has 0 heterocycles. The van der Waals surface area contributed by atoms with Gasteiger partial charge in [-0.05, 0) is 110 Å². The Hall–Kier alpha value is -4.39. The molecular weight excluding hydrogens is 597 g/mol. The highest BCUT2D eigenvalue weighted by molar-refractivity contribution is 6.02. The molecule has 7 heteroatoms. The first-order valence-electron chi connectivity index (χ1n) is 16.4. The highest BCUT2D eigenvalue weighted by atomic mass is 19.4. The van der Waals surface area contributed by atoms with Crippen molar-refractivity contribution in [1.82, 2.24) is 4.90 Å². The summed E-state index contributed by atoms with van der Waals surface area (Å²) < 4.78 is 40.4. The average molecular weight is 639 g/mol. The van der Waals surface area contributed by atoms with Gasteiger partial charge in [-0.2, -0.15) is 13.2 Å². The summed E-state index contributed by atoms with van der Waals surface area (Å²) >= 11 is 0. The number of aryl methyl sites for hydroxylation is 3. The van der Waals surface area contributed by atoms with Crippen LogP contribution in [0.1, 0.15) is 63.8 Å². The van der Waals surface area contributed by atoms with Gasteiger partial charge in [-0.3, -0.25) is 9.59 Å². The van der Waals surface area contributed by atoms with E-state index in [0.717, 1.165) is 59.3 Å². The Morgan fingerprint density at radius 2 is 1.40 bits per heavy atom. The van der Waals surface area contributed by atoms with E-state index in [9.17, 15) is 22.8 Å². The predicted octanol–water partition coefficient (Wildman–Crippen LogP) is 8.79. The summed E-state index contributed by atoms with van der Waals surface area (Å²) in [6.45, 7) is 5.98. The van der Waals surface area contributed by atoms with Gasteiger partial charge in [0.1, 0.15) is 5.54 Å². The molecule has 0 radical (unpaired) electrons. The summed E-state index contributed by atoms with van der Waals surface area (Å²) in [5, 5.41) is 3.26. The topological polar surface area (TPSA) is 49.4 Å². The Kier molecular flexibility index (Phi) is 9.01. The van der Waals surface area contributed by atoms with Crippen molar-refractivity contribution in [3.8, 4) is 0 Å². The van der Waals surface area contributed by atoms with Gasteiger partial charge < -0.3 is 10.2 Å². The number of benzene rings is 4. The molecular formula is C40H41F3N2O2. The molecule has 4 aromatic carbocycles. The van der Waals surface area contributed by atoms with E-state index in [1.807, 2.05) is 69.3 Å². The van der Waals surface area contributed by atoms with E-state index < -0.39 is 17.3 Å². The van der Waals surface area contributed by atoms with Crippen molar-refractivity contribution in [3.05, 3.63) is 136 Å². The quantitative estimate of drug-likeness (QED) is 0.220. The molecule has 0 aromatic heterocycles. The lowest BCUT2D eigenvalue weighted by Crippen LogP contribution is -2.62. The van der Waals surface area contributed by atoms with Crippen LogP contribution in [0.2, 0.25) is 0 Å². The maximum absolute atomic E-state index is 14.9. The normalized spacial score (nSPS) is 20.6. The van der Waals surface area contributed by atoms with E-state index in [1.165, 1.54) is 23.3 Å². The smallest absolute Gasteiger partial charge is 0.324 e. The largest absolute Gasteiger partial charge is 0.416 e. The summed E-state index contributed by atoms with van der Waals surface area (Å²) in [6.07, 6.45) is -0.931. The summed E-state index contributed by atoms with van der Waals surface area (Å²) in [5.74, 6) is 0.0894. The van der Waals surface area contributed by atoms with Gasteiger partial charge in [0.15, 0.2) is 0 Å². The van der Waals surface area contributed by atoms with Crippen LogP contribution in [0.15, 0.2) is 91.0 Å². The van der Waals surface area contributed by atoms with E-state index in [2.05, 4.69) is 23.5 Å². The maximum Gasteiger partial charge on any atom is 0.416 e. The van der Waals surface area contributed by atoms with Crippen LogP contribution in [0.5, 0.6) is 0 Å². The van der Waals surface area contributed by atoms with Crippen LogP contribution in [-0.4, -0.2) is 22.3 Å². The SMILES string of the molecule is Cc1cc(C)c(NC(=O)[C@@]2(N(Cc3ccc(C(F)(F)F)cc3)C(=O)Cc3ccccc3)CC[C@@H]3Cc4ccccc4C[C@H]3C2)c(C)c1. The molecule has 4 aromatic rings. The zero-order chi connectivity index (χ0) is 33.3. The van der Waals surface area contributed by atoms with Crippen LogP contribution < -0.4 is 5.32 Å². The van der Waals surface area contributed by atoms with Gasteiger partial charge in [-0.1, -0.05) is 84.4 Å². The molecule has 0 spiro atoms. The average Bonchev–Trinajstić information content (AvgIpc) is 3.04. The Bertz CT molecular complexity index is 1740. The van der Waals surface area contributed by atoms with Gasteiger partial charge in [0.2, 0.25) is 11.8 Å². The van der Waals surface area contributed by atoms with Gasteiger partial charge in [-0.15, -0.1) is 0 Å². The van der Waals surface area contributed by atoms with Crippen LogP contribution in [0, 0.1) is 32.6 Å². The van der Waals surface area contributed by atoms with Crippen molar-refractivity contribution >= 4 is 17.5 Å². The van der Waals surface area contributed by atoms with E-state index in [4.69, 9.17) is 0 Å². The van der Waals surface area contributed by atoms with Crippen LogP contribution in [-0.2, 0) is 41.6 Å². The number of carbonyl (C=O) groups excluding carboxylic acids is 2. The molecule has 1 saturated carbocycles. The predicted molar refractivity (Wildman–Crippen MR) is 179 cm³/mol. The number of carbonyl (C=O) groups is 2. The lowest BCUT2D eigenvalue weighted by atomic mass is 9.62. The van der Waals surface area contributed by atoms with Crippen molar-refractivity contribution in [3.63, 3.8) is 0 Å². The number of hydrogen-bond acceptors (Lipinski definition) is 2. The number of fused-ring (bicyclic) bond motifs is 2. The molecule has 0 unspecified atom stereocenters. The highest BCUT2D eigenvalue weighted by Gasteiger charge is 2.52. The van der Waals surface area contributed by atoms with Crippen molar-refractivity contribution in [2.75, 3.05) is 5.32 Å². The minimum atomic E-state index is -4.47. The Morgan fingerprint density at radius 1 is 0.809 bits per heavy atom. The molecule has 2 amide bonds. The number of anilines is 1. The summed E-state index contributed by atoms with van der Waals surface area (Å²) in [5.41, 5.74) is 5.75. The van der Waals surface area contributed by atoms with Gasteiger partial charge >= 0.3 is 6.18 Å². The van der Waals surface area contributed by atoms with Crippen LogP contribution in [0.4, 0.5) is 18.9 Å². The third-order valence-corrected chi connectivity index (χ3v) is 10.3. The van der Waals surface area contributed by atoms with Crippen LogP contribution in [0.25, 0.3) is 0 Å². The molecule has 1 N–H and O–H groups in total. The number of nitrogens with zero attached hydrogens (tertiary/aromatic N) is 1. The molecule has 6 rings (SSSR count). The number of hydrogen-bond donors (Lipinski definition) is 1. The number of rotatable bonds is 7. The van der Waals surface area contributed by atoms with Gasteiger partial charge in [0.05, 0.1) is 12.0 Å². The molecule has 4 nitrogen and oxygen atoms in total. The second-order valence-corrected chi connectivity index (χ2v) is 13.5. The number of alkyl halides is 3. The fraction of sp³-hybridized carbons (Fsp3) is 0.350. The standard InChI is InChI=1S/C40H41F3N2O2/c1-26-19-27(2)37(28(3)20-26)44-38(47)39(18-17-33-22-31-11-7-8-12-32(31)23-34(33)24-39)45(36(46)21-29-9-5-4-6-10-29)25-30-13-15-35(16-14-30)40(41,42)43/h4-16,19-20,33-34H,17-18,21-25H2,1-3H3,(H,44,47)/t33-,34+,39-/m1/s1. The molecule has 1 fully saturated rings. The van der Waals surface area contributed by atoms with Crippen LogP contribution >= 0.6 is 0 Å². The van der Waals surface area contributed by atoms with E-state index in [-0.39, 0.29) is 30.7 Å². The Labute approximate surface area is 275 Å². The lowest BCUT2D eigenvalue weighted by molar-refractivity contribution is -0.150. The first-order valence-corrected chi connectivity index (χ1v) is 16.4. The fourth-order valence-electron chi connectivity index (χ4n) is 7.90. The number of nitrogens with one attached hydrogen (secondary N) is 1. The Balaban J connectivity index is 1.43. The summed E-state index contributed by atoms with van der Waals surface area (Å²) in [4.78, 5) is 31.1. The second kappa shape index (κ2) is 13.0. The van der Waals surface area contributed by atoms with Crippen LogP contribution in [0.3, 0.4) is 0 Å². The minimum absolute atomic E-state index is 0.0249. The second-order valence-electron chi connectivity index (χ2n) is 13.5. The molecule has 2 aliphatic carbocycles. The fourth-order valence-corrected chi connectivity index (χ4v) is 7.90. The molecule has 0 bridgehead atoms. The molecule has 3 atom stereocenters. The monoisotopic (exact) mass is 638 g/mol. The van der Waals surface area contributed by atoms with Crippen molar-refractivity contribution in [2.24, 2.45) is 11.8 Å². The van der Waals surface area contributed by atoms with Crippen molar-refractivity contribution in [2.45, 2.75) is 77.6 Å². The molecule has 0 saturated heterocycles. The number of halogens is 3. The maximum atomic E-state index is 14.9. The zero-order valence-corrected chi connectivity index (χ0v) is 27.2. The number of amides is 2. The molecule has 2 aliphatic rings. The van der Waals surface area contributed by atoms with Gasteiger partial charge in [0, 0.05) is 12.2 Å². The van der Waals surface area contributed by atoms with Crippen molar-refractivity contribution in [1.29, 1.82) is 0 Å². The molecule has 0 aliphatic heterocycles. The van der Waals surface area contributed by atoms with E-state index >= 15 is 0 Å².